The summed E-state index contributed by atoms with van der Waals surface area (Å²) >= 11 is 12.1. The molecule has 0 N–H and O–H groups in total. The zero-order valence-corrected chi connectivity index (χ0v) is 17.2. The van der Waals surface area contributed by atoms with E-state index >= 15 is 0 Å². The minimum atomic E-state index is 0.0997. The summed E-state index contributed by atoms with van der Waals surface area (Å²) in [6, 6.07) is 15.4. The number of amides is 1. The molecule has 0 aliphatic heterocycles. The monoisotopic (exact) mass is 416 g/mol. The quantitative estimate of drug-likeness (QED) is 0.474. The van der Waals surface area contributed by atoms with E-state index in [-0.39, 0.29) is 5.91 Å². The third-order valence-electron chi connectivity index (χ3n) is 4.55. The van der Waals surface area contributed by atoms with Gasteiger partial charge in [0.15, 0.2) is 11.7 Å². The van der Waals surface area contributed by atoms with Gasteiger partial charge in [0.1, 0.15) is 0 Å². The van der Waals surface area contributed by atoms with Crippen molar-refractivity contribution in [1.29, 1.82) is 0 Å². The number of benzene rings is 2. The third-order valence-corrected chi connectivity index (χ3v) is 5.10. The van der Waals surface area contributed by atoms with E-state index in [2.05, 4.69) is 17.1 Å². The number of rotatable bonds is 8. The van der Waals surface area contributed by atoms with Crippen molar-refractivity contribution < 1.29 is 9.21 Å². The molecule has 3 aromatic rings. The fraction of sp³-hybridized carbons (Fsp3) is 0.273. The molecule has 1 amide bonds. The van der Waals surface area contributed by atoms with Gasteiger partial charge in [0.05, 0.1) is 11.2 Å². The molecule has 1 heterocycles. The molecule has 0 spiro atoms. The molecule has 6 heteroatoms. The van der Waals surface area contributed by atoms with E-state index in [0.717, 1.165) is 12.0 Å². The van der Waals surface area contributed by atoms with Gasteiger partial charge in [0, 0.05) is 36.5 Å². The van der Waals surface area contributed by atoms with Crippen molar-refractivity contribution in [2.24, 2.45) is 0 Å². The lowest BCUT2D eigenvalue weighted by molar-refractivity contribution is -0.131. The van der Waals surface area contributed by atoms with Crippen molar-refractivity contribution in [3.8, 4) is 11.3 Å². The van der Waals surface area contributed by atoms with Crippen LogP contribution in [-0.2, 0) is 17.6 Å². The van der Waals surface area contributed by atoms with Crippen LogP contribution < -0.4 is 0 Å². The van der Waals surface area contributed by atoms with E-state index in [0.29, 0.717) is 47.6 Å². The van der Waals surface area contributed by atoms with Crippen LogP contribution in [0, 0.1) is 0 Å². The van der Waals surface area contributed by atoms with E-state index in [1.807, 2.05) is 30.0 Å². The summed E-state index contributed by atoms with van der Waals surface area (Å²) in [6.07, 6.45) is 3.28. The van der Waals surface area contributed by atoms with Gasteiger partial charge >= 0.3 is 0 Å². The Hall–Kier alpha value is -2.30. The normalized spacial score (nSPS) is 10.8. The predicted octanol–water partition coefficient (Wildman–Crippen LogP) is 5.67. The van der Waals surface area contributed by atoms with Gasteiger partial charge in [-0.15, -0.1) is 0 Å². The van der Waals surface area contributed by atoms with E-state index < -0.39 is 0 Å². The van der Waals surface area contributed by atoms with Crippen LogP contribution in [0.3, 0.4) is 0 Å². The van der Waals surface area contributed by atoms with E-state index in [4.69, 9.17) is 27.6 Å². The Bertz CT molecular complexity index is 925. The summed E-state index contributed by atoms with van der Waals surface area (Å²) < 4.78 is 5.77. The smallest absolute Gasteiger partial charge is 0.223 e. The van der Waals surface area contributed by atoms with Crippen LogP contribution in [0.5, 0.6) is 0 Å². The third kappa shape index (κ3) is 5.37. The molecule has 28 heavy (non-hydrogen) atoms. The highest BCUT2D eigenvalue weighted by atomic mass is 35.5. The maximum Gasteiger partial charge on any atom is 0.223 e. The summed E-state index contributed by atoms with van der Waals surface area (Å²) in [5, 5.41) is 1.07. The number of halogens is 2. The van der Waals surface area contributed by atoms with Crippen LogP contribution in [-0.4, -0.2) is 28.9 Å². The number of carbonyl (C=O) groups excluding carboxylic acids is 1. The van der Waals surface area contributed by atoms with Crippen LogP contribution in [0.1, 0.15) is 24.8 Å². The first-order valence-electron chi connectivity index (χ1n) is 9.28. The molecular formula is C22H22Cl2N2O2. The lowest BCUT2D eigenvalue weighted by Crippen LogP contribution is -2.32. The number of oxazole rings is 1. The zero-order valence-electron chi connectivity index (χ0n) is 15.7. The fourth-order valence-electron chi connectivity index (χ4n) is 2.98. The number of nitrogens with zero attached hydrogens (tertiary/aromatic N) is 2. The molecule has 0 saturated carbocycles. The number of hydrogen-bond donors (Lipinski definition) is 0. The lowest BCUT2D eigenvalue weighted by atomic mass is 10.1. The molecule has 1 aromatic heterocycles. The minimum Gasteiger partial charge on any atom is -0.441 e. The predicted molar refractivity (Wildman–Crippen MR) is 113 cm³/mol. The van der Waals surface area contributed by atoms with Crippen LogP contribution in [0.4, 0.5) is 0 Å². The lowest BCUT2D eigenvalue weighted by Gasteiger charge is -2.20. The second-order valence-corrected chi connectivity index (χ2v) is 7.30. The van der Waals surface area contributed by atoms with Gasteiger partial charge < -0.3 is 9.32 Å². The second-order valence-electron chi connectivity index (χ2n) is 6.45. The number of aryl methyl sites for hydroxylation is 1. The molecule has 4 nitrogen and oxygen atoms in total. The Labute approximate surface area is 175 Å². The summed E-state index contributed by atoms with van der Waals surface area (Å²) in [4.78, 5) is 18.7. The summed E-state index contributed by atoms with van der Waals surface area (Å²) in [6.45, 7) is 3.38. The van der Waals surface area contributed by atoms with E-state index in [1.54, 1.807) is 24.4 Å². The highest BCUT2D eigenvalue weighted by Crippen LogP contribution is 2.30. The number of hydrogen-bond acceptors (Lipinski definition) is 3. The Balaban J connectivity index is 1.55. The maximum atomic E-state index is 12.6. The molecular weight excluding hydrogens is 395 g/mol. The van der Waals surface area contributed by atoms with Crippen LogP contribution in [0.25, 0.3) is 11.3 Å². The molecule has 0 bridgehead atoms. The molecule has 3 rings (SSSR count). The molecule has 0 atom stereocenters. The number of likely N-dealkylation sites (N-methyl/N-ethyl adjacent to an activating group) is 1. The van der Waals surface area contributed by atoms with E-state index in [1.165, 1.54) is 5.56 Å². The Morgan fingerprint density at radius 3 is 2.61 bits per heavy atom. The molecule has 2 aromatic carbocycles. The molecule has 0 aliphatic carbocycles. The van der Waals surface area contributed by atoms with Gasteiger partial charge in [-0.05, 0) is 37.1 Å². The number of aromatic nitrogens is 1. The molecule has 0 fully saturated rings. The second kappa shape index (κ2) is 9.76. The summed E-state index contributed by atoms with van der Waals surface area (Å²) in [5.41, 5.74) is 1.96. The average molecular weight is 417 g/mol. The SMILES string of the molecule is CCN(CCc1ccccc1)C(=O)CCc1ncc(-c2ccc(Cl)cc2Cl)o1. The molecule has 0 aliphatic rings. The first kappa shape index (κ1) is 20.4. The Morgan fingerprint density at radius 2 is 1.89 bits per heavy atom. The van der Waals surface area contributed by atoms with Crippen molar-refractivity contribution in [3.05, 3.63) is 76.2 Å². The van der Waals surface area contributed by atoms with Gasteiger partial charge in [0.25, 0.3) is 0 Å². The highest BCUT2D eigenvalue weighted by Gasteiger charge is 2.15. The van der Waals surface area contributed by atoms with Gasteiger partial charge in [-0.3, -0.25) is 4.79 Å². The van der Waals surface area contributed by atoms with Gasteiger partial charge in [-0.1, -0.05) is 53.5 Å². The van der Waals surface area contributed by atoms with Gasteiger partial charge in [0.2, 0.25) is 5.91 Å². The largest absolute Gasteiger partial charge is 0.441 e. The van der Waals surface area contributed by atoms with Gasteiger partial charge in [-0.2, -0.15) is 0 Å². The first-order chi connectivity index (χ1) is 13.6. The van der Waals surface area contributed by atoms with Crippen molar-refractivity contribution in [2.75, 3.05) is 13.1 Å². The molecule has 0 saturated heterocycles. The average Bonchev–Trinajstić information content (AvgIpc) is 3.16. The highest BCUT2D eigenvalue weighted by molar-refractivity contribution is 6.36. The molecule has 146 valence electrons. The van der Waals surface area contributed by atoms with Gasteiger partial charge in [-0.25, -0.2) is 4.98 Å². The molecule has 0 unspecified atom stereocenters. The van der Waals surface area contributed by atoms with Crippen LogP contribution >= 0.6 is 23.2 Å². The van der Waals surface area contributed by atoms with Crippen molar-refractivity contribution in [2.45, 2.75) is 26.2 Å². The number of carbonyl (C=O) groups is 1. The standard InChI is InChI=1S/C22H22Cl2N2O2/c1-2-26(13-12-16-6-4-3-5-7-16)22(27)11-10-21-25-15-20(28-21)18-9-8-17(23)14-19(18)24/h3-9,14-15H,2,10-13H2,1H3. The minimum absolute atomic E-state index is 0.0997. The van der Waals surface area contributed by atoms with E-state index in [9.17, 15) is 4.79 Å². The van der Waals surface area contributed by atoms with Crippen LogP contribution in [0.2, 0.25) is 10.0 Å². The summed E-state index contributed by atoms with van der Waals surface area (Å²) in [5.74, 6) is 1.19. The van der Waals surface area contributed by atoms with Crippen molar-refractivity contribution >= 4 is 29.1 Å². The van der Waals surface area contributed by atoms with Crippen molar-refractivity contribution in [3.63, 3.8) is 0 Å². The zero-order chi connectivity index (χ0) is 19.9. The molecule has 0 radical (unpaired) electrons. The maximum absolute atomic E-state index is 12.6. The topological polar surface area (TPSA) is 46.3 Å². The Morgan fingerprint density at radius 1 is 1.11 bits per heavy atom. The summed E-state index contributed by atoms with van der Waals surface area (Å²) in [7, 11) is 0. The Kier molecular flexibility index (Phi) is 7.12. The first-order valence-corrected chi connectivity index (χ1v) is 10.0. The van der Waals surface area contributed by atoms with Crippen LogP contribution in [0.15, 0.2) is 59.1 Å². The van der Waals surface area contributed by atoms with Crippen molar-refractivity contribution in [1.82, 2.24) is 9.88 Å². The fourth-order valence-corrected chi connectivity index (χ4v) is 3.48.